The normalized spacial score (nSPS) is 22.2. The number of rotatable bonds is 3. The second-order valence-electron chi connectivity index (χ2n) is 4.49. The summed E-state index contributed by atoms with van der Waals surface area (Å²) in [4.78, 5) is 0. The molecule has 6 heteroatoms. The Hall–Kier alpha value is -0.880. The number of hydrogen-bond donors (Lipinski definition) is 0. The van der Waals surface area contributed by atoms with Crippen molar-refractivity contribution in [2.75, 3.05) is 12.8 Å². The molecule has 0 amide bonds. The van der Waals surface area contributed by atoms with Crippen molar-refractivity contribution in [1.29, 1.82) is 0 Å². The Balaban J connectivity index is 2.42. The third kappa shape index (κ3) is 2.24. The van der Waals surface area contributed by atoms with Crippen LogP contribution in [0.5, 0.6) is 0 Å². The number of sulfonamides is 1. The summed E-state index contributed by atoms with van der Waals surface area (Å²) in [5, 5.41) is 3.95. The molecular weight excluding hydrogens is 240 g/mol. The molecule has 17 heavy (non-hydrogen) atoms. The highest BCUT2D eigenvalue weighted by Gasteiger charge is 2.36. The molecule has 1 aliphatic rings. The molecule has 5 nitrogen and oxygen atoms in total. The van der Waals surface area contributed by atoms with Crippen molar-refractivity contribution < 1.29 is 12.9 Å². The lowest BCUT2D eigenvalue weighted by atomic mass is 10.0. The van der Waals surface area contributed by atoms with E-state index in [0.717, 1.165) is 36.3 Å². The fraction of sp³-hybridized carbons (Fsp3) is 0.727. The van der Waals surface area contributed by atoms with E-state index in [1.54, 1.807) is 4.31 Å². The molecule has 0 saturated carbocycles. The molecule has 0 spiro atoms. The van der Waals surface area contributed by atoms with E-state index in [1.165, 1.54) is 6.26 Å². The number of aromatic nitrogens is 1. The number of hydrogen-bond acceptors (Lipinski definition) is 4. The third-order valence-corrected chi connectivity index (χ3v) is 4.56. The van der Waals surface area contributed by atoms with E-state index in [9.17, 15) is 8.42 Å². The van der Waals surface area contributed by atoms with E-state index in [0.29, 0.717) is 6.54 Å². The summed E-state index contributed by atoms with van der Waals surface area (Å²) in [6.45, 7) is 4.46. The molecule has 1 aliphatic heterocycles. The van der Waals surface area contributed by atoms with Crippen molar-refractivity contribution in [1.82, 2.24) is 9.46 Å². The van der Waals surface area contributed by atoms with Gasteiger partial charge < -0.3 is 4.52 Å². The van der Waals surface area contributed by atoms with Crippen LogP contribution in [0.4, 0.5) is 0 Å². The predicted octanol–water partition coefficient (Wildman–Crippen LogP) is 1.64. The van der Waals surface area contributed by atoms with Gasteiger partial charge >= 0.3 is 0 Å². The Labute approximate surface area is 102 Å². The van der Waals surface area contributed by atoms with Crippen molar-refractivity contribution in [3.63, 3.8) is 0 Å². The average Bonchev–Trinajstić information content (AvgIpc) is 2.81. The molecule has 0 bridgehead atoms. The van der Waals surface area contributed by atoms with Gasteiger partial charge in [0.25, 0.3) is 0 Å². The molecule has 1 fully saturated rings. The standard InChI is InChI=1S/C11H18N2O3S/c1-4-10-11(8(2)12-16-10)9-6-5-7-13(9)17(3,14)15/h9H,4-7H2,1-3H3/t9-/m1/s1. The fourth-order valence-electron chi connectivity index (χ4n) is 2.53. The first-order valence-electron chi connectivity index (χ1n) is 5.87. The molecule has 0 radical (unpaired) electrons. The van der Waals surface area contributed by atoms with E-state index >= 15 is 0 Å². The first-order chi connectivity index (χ1) is 7.95. The fourth-order valence-corrected chi connectivity index (χ4v) is 3.67. The van der Waals surface area contributed by atoms with Gasteiger partial charge in [-0.2, -0.15) is 4.31 Å². The van der Waals surface area contributed by atoms with Crippen molar-refractivity contribution in [3.8, 4) is 0 Å². The van der Waals surface area contributed by atoms with Gasteiger partial charge in [-0.15, -0.1) is 0 Å². The van der Waals surface area contributed by atoms with Gasteiger partial charge in [-0.25, -0.2) is 8.42 Å². The summed E-state index contributed by atoms with van der Waals surface area (Å²) >= 11 is 0. The number of nitrogens with zero attached hydrogens (tertiary/aromatic N) is 2. The smallest absolute Gasteiger partial charge is 0.211 e. The molecule has 1 atom stereocenters. The second kappa shape index (κ2) is 4.42. The van der Waals surface area contributed by atoms with Crippen molar-refractivity contribution in [3.05, 3.63) is 17.0 Å². The van der Waals surface area contributed by atoms with Gasteiger partial charge in [0.2, 0.25) is 10.0 Å². The SMILES string of the molecule is CCc1onc(C)c1[C@H]1CCCN1S(C)(=O)=O. The topological polar surface area (TPSA) is 63.4 Å². The van der Waals surface area contributed by atoms with E-state index in [-0.39, 0.29) is 6.04 Å². The van der Waals surface area contributed by atoms with Gasteiger partial charge in [0, 0.05) is 18.5 Å². The van der Waals surface area contributed by atoms with Crippen LogP contribution in [-0.4, -0.2) is 30.7 Å². The molecule has 0 unspecified atom stereocenters. The monoisotopic (exact) mass is 258 g/mol. The van der Waals surface area contributed by atoms with E-state index < -0.39 is 10.0 Å². The van der Waals surface area contributed by atoms with Crippen LogP contribution in [0.1, 0.15) is 42.8 Å². The quantitative estimate of drug-likeness (QED) is 0.827. The zero-order valence-electron chi connectivity index (χ0n) is 10.4. The molecule has 1 saturated heterocycles. The van der Waals surface area contributed by atoms with Gasteiger partial charge in [-0.3, -0.25) is 0 Å². The Kier molecular flexibility index (Phi) is 3.27. The molecule has 96 valence electrons. The molecule has 2 rings (SSSR count). The summed E-state index contributed by atoms with van der Waals surface area (Å²) in [6, 6.07) is -0.0915. The van der Waals surface area contributed by atoms with Crippen LogP contribution in [-0.2, 0) is 16.4 Å². The molecule has 1 aromatic rings. The minimum Gasteiger partial charge on any atom is -0.361 e. The second-order valence-corrected chi connectivity index (χ2v) is 6.43. The lowest BCUT2D eigenvalue weighted by Crippen LogP contribution is -2.30. The predicted molar refractivity (Wildman–Crippen MR) is 64.1 cm³/mol. The maximum absolute atomic E-state index is 11.7. The summed E-state index contributed by atoms with van der Waals surface area (Å²) in [7, 11) is -3.16. The Bertz CT molecular complexity index is 507. The highest BCUT2D eigenvalue weighted by molar-refractivity contribution is 7.88. The van der Waals surface area contributed by atoms with Gasteiger partial charge in [-0.05, 0) is 19.8 Å². The molecule has 0 aliphatic carbocycles. The molecule has 1 aromatic heterocycles. The maximum atomic E-state index is 11.7. The van der Waals surface area contributed by atoms with E-state index in [2.05, 4.69) is 5.16 Å². The summed E-state index contributed by atoms with van der Waals surface area (Å²) in [5.74, 6) is 0.808. The maximum Gasteiger partial charge on any atom is 0.211 e. The lowest BCUT2D eigenvalue weighted by molar-refractivity contribution is 0.369. The average molecular weight is 258 g/mol. The Morgan fingerprint density at radius 3 is 2.82 bits per heavy atom. The van der Waals surface area contributed by atoms with Crippen LogP contribution in [0.15, 0.2) is 4.52 Å². The van der Waals surface area contributed by atoms with Gasteiger partial charge in [0.1, 0.15) is 5.76 Å². The molecular formula is C11H18N2O3S. The Morgan fingerprint density at radius 1 is 1.53 bits per heavy atom. The highest BCUT2D eigenvalue weighted by atomic mass is 32.2. The minimum atomic E-state index is -3.16. The molecule has 2 heterocycles. The number of aryl methyl sites for hydroxylation is 2. The minimum absolute atomic E-state index is 0.0915. The van der Waals surface area contributed by atoms with Crippen molar-refractivity contribution in [2.45, 2.75) is 39.2 Å². The zero-order valence-corrected chi connectivity index (χ0v) is 11.2. The zero-order chi connectivity index (χ0) is 12.6. The highest BCUT2D eigenvalue weighted by Crippen LogP contribution is 2.37. The van der Waals surface area contributed by atoms with Crippen LogP contribution >= 0.6 is 0 Å². The Morgan fingerprint density at radius 2 is 2.24 bits per heavy atom. The van der Waals surface area contributed by atoms with Crippen LogP contribution in [0.2, 0.25) is 0 Å². The van der Waals surface area contributed by atoms with Crippen LogP contribution < -0.4 is 0 Å². The molecule has 0 aromatic carbocycles. The summed E-state index contributed by atoms with van der Waals surface area (Å²) in [6.07, 6.45) is 3.75. The van der Waals surface area contributed by atoms with Gasteiger partial charge in [-0.1, -0.05) is 12.1 Å². The summed E-state index contributed by atoms with van der Waals surface area (Å²) < 4.78 is 30.3. The third-order valence-electron chi connectivity index (χ3n) is 3.27. The first kappa shape index (κ1) is 12.6. The first-order valence-corrected chi connectivity index (χ1v) is 7.71. The van der Waals surface area contributed by atoms with E-state index in [4.69, 9.17) is 4.52 Å². The van der Waals surface area contributed by atoms with Crippen LogP contribution in [0, 0.1) is 6.92 Å². The lowest BCUT2D eigenvalue weighted by Gasteiger charge is -2.22. The van der Waals surface area contributed by atoms with E-state index in [1.807, 2.05) is 13.8 Å². The van der Waals surface area contributed by atoms with Gasteiger partial charge in [0.05, 0.1) is 18.0 Å². The van der Waals surface area contributed by atoms with Crippen molar-refractivity contribution in [2.24, 2.45) is 0 Å². The summed E-state index contributed by atoms with van der Waals surface area (Å²) in [5.41, 5.74) is 1.78. The van der Waals surface area contributed by atoms with Crippen LogP contribution in [0.3, 0.4) is 0 Å². The largest absolute Gasteiger partial charge is 0.361 e. The molecule has 0 N–H and O–H groups in total. The van der Waals surface area contributed by atoms with Crippen LogP contribution in [0.25, 0.3) is 0 Å². The van der Waals surface area contributed by atoms with Crippen molar-refractivity contribution >= 4 is 10.0 Å². The van der Waals surface area contributed by atoms with Gasteiger partial charge in [0.15, 0.2) is 0 Å².